The number of halogens is 2. The van der Waals surface area contributed by atoms with Crippen molar-refractivity contribution in [1.29, 1.82) is 0 Å². The standard InChI is InChI=1S/C29H30ClFNP/c1-5-8-25-26(9-6-2)32-29(28(30)27(25)20(3)4)24-17-15-23(16-18-24)22-13-11-21(12-14-22)10-7-19-33-31/h5-6,8-9,11-18,33H,3,7,10,19H2,1-2,4H3/b8-5+,9-6-. The van der Waals surface area contributed by atoms with Crippen molar-refractivity contribution in [2.45, 2.75) is 33.6 Å². The average Bonchev–Trinajstić information content (AvgIpc) is 2.81. The van der Waals surface area contributed by atoms with E-state index in [1.165, 1.54) is 5.56 Å². The summed E-state index contributed by atoms with van der Waals surface area (Å²) in [6.07, 6.45) is 10.5. The number of aryl methyl sites for hydroxylation is 1. The van der Waals surface area contributed by atoms with Gasteiger partial charge in [-0.15, -0.1) is 0 Å². The van der Waals surface area contributed by atoms with Crippen LogP contribution in [0.3, 0.4) is 0 Å². The van der Waals surface area contributed by atoms with Crippen LogP contribution in [0.2, 0.25) is 5.02 Å². The molecule has 0 aliphatic heterocycles. The molecule has 1 unspecified atom stereocenters. The summed E-state index contributed by atoms with van der Waals surface area (Å²) in [7, 11) is -0.461. The van der Waals surface area contributed by atoms with Crippen molar-refractivity contribution in [2.75, 3.05) is 6.16 Å². The molecule has 0 amide bonds. The van der Waals surface area contributed by atoms with E-state index in [9.17, 15) is 4.20 Å². The maximum Gasteiger partial charge on any atom is 0.0902 e. The molecular formula is C29H30ClFNP. The first-order valence-corrected chi connectivity index (χ1v) is 12.6. The summed E-state index contributed by atoms with van der Waals surface area (Å²) in [4.78, 5) is 4.91. The van der Waals surface area contributed by atoms with Crippen molar-refractivity contribution in [2.24, 2.45) is 0 Å². The normalized spacial score (nSPS) is 11.9. The minimum atomic E-state index is -0.461. The Morgan fingerprint density at radius 3 is 2.09 bits per heavy atom. The van der Waals surface area contributed by atoms with Crippen LogP contribution in [-0.4, -0.2) is 11.1 Å². The lowest BCUT2D eigenvalue weighted by atomic mass is 9.95. The Labute approximate surface area is 204 Å². The molecule has 0 radical (unpaired) electrons. The SMILES string of the molecule is C=C(C)c1c(Cl)c(-c2ccc(-c3ccc(CCCPF)cc3)cc2)nc(/C=C\C)c1/C=C/C. The maximum absolute atomic E-state index is 12.3. The number of hydrogen-bond donors (Lipinski definition) is 0. The second kappa shape index (κ2) is 12.1. The molecule has 0 spiro atoms. The van der Waals surface area contributed by atoms with Gasteiger partial charge in [0.15, 0.2) is 0 Å². The lowest BCUT2D eigenvalue weighted by Crippen LogP contribution is -1.99. The molecule has 4 heteroatoms. The number of pyridine rings is 1. The summed E-state index contributed by atoms with van der Waals surface area (Å²) >= 11 is 6.87. The van der Waals surface area contributed by atoms with Crippen LogP contribution in [-0.2, 0) is 6.42 Å². The Kier molecular flexibility index (Phi) is 9.18. The van der Waals surface area contributed by atoms with Crippen LogP contribution in [0.1, 0.15) is 49.6 Å². The Hall–Kier alpha value is -2.54. The lowest BCUT2D eigenvalue weighted by Gasteiger charge is -2.16. The monoisotopic (exact) mass is 477 g/mol. The molecular weight excluding hydrogens is 448 g/mol. The van der Waals surface area contributed by atoms with E-state index in [-0.39, 0.29) is 0 Å². The third-order valence-electron chi connectivity index (χ3n) is 5.47. The first-order chi connectivity index (χ1) is 16.0. The fourth-order valence-corrected chi connectivity index (χ4v) is 4.59. The minimum absolute atomic E-state index is 0.461. The molecule has 0 saturated heterocycles. The van der Waals surface area contributed by atoms with E-state index in [1.807, 2.05) is 45.1 Å². The van der Waals surface area contributed by atoms with Crippen LogP contribution in [0.25, 0.3) is 40.1 Å². The van der Waals surface area contributed by atoms with Crippen molar-refractivity contribution in [3.05, 3.63) is 94.7 Å². The predicted octanol–water partition coefficient (Wildman–Crippen LogP) is 9.66. The third kappa shape index (κ3) is 6.08. The summed E-state index contributed by atoms with van der Waals surface area (Å²) < 4.78 is 12.3. The summed E-state index contributed by atoms with van der Waals surface area (Å²) in [5.41, 5.74) is 8.95. The van der Waals surface area contributed by atoms with Gasteiger partial charge in [0.05, 0.1) is 25.3 Å². The lowest BCUT2D eigenvalue weighted by molar-refractivity contribution is 0.870. The van der Waals surface area contributed by atoms with Gasteiger partial charge in [-0.25, -0.2) is 9.18 Å². The van der Waals surface area contributed by atoms with Gasteiger partial charge in [0.25, 0.3) is 0 Å². The van der Waals surface area contributed by atoms with Crippen LogP contribution in [0.4, 0.5) is 4.20 Å². The zero-order chi connectivity index (χ0) is 23.8. The quantitative estimate of drug-likeness (QED) is 0.221. The van der Waals surface area contributed by atoms with Gasteiger partial charge >= 0.3 is 0 Å². The highest BCUT2D eigenvalue weighted by molar-refractivity contribution is 7.31. The molecule has 2 aromatic carbocycles. The molecule has 1 heterocycles. The number of benzene rings is 2. The van der Waals surface area contributed by atoms with Gasteiger partial charge in [-0.1, -0.05) is 84.9 Å². The van der Waals surface area contributed by atoms with Gasteiger partial charge in [0, 0.05) is 16.7 Å². The van der Waals surface area contributed by atoms with Crippen molar-refractivity contribution in [3.8, 4) is 22.4 Å². The molecule has 33 heavy (non-hydrogen) atoms. The highest BCUT2D eigenvalue weighted by atomic mass is 35.5. The van der Waals surface area contributed by atoms with Crippen LogP contribution in [0.5, 0.6) is 0 Å². The molecule has 0 bridgehead atoms. The molecule has 1 nitrogen and oxygen atoms in total. The van der Waals surface area contributed by atoms with E-state index in [1.54, 1.807) is 0 Å². The second-order valence-electron chi connectivity index (χ2n) is 7.99. The summed E-state index contributed by atoms with van der Waals surface area (Å²) in [5.74, 6) is 0. The zero-order valence-corrected chi connectivity index (χ0v) is 21.2. The fourth-order valence-electron chi connectivity index (χ4n) is 3.87. The van der Waals surface area contributed by atoms with Gasteiger partial charge in [0.2, 0.25) is 0 Å². The van der Waals surface area contributed by atoms with Crippen LogP contribution < -0.4 is 0 Å². The summed E-state index contributed by atoms with van der Waals surface area (Å²) in [6.45, 7) is 10.1. The molecule has 3 aromatic rings. The smallest absolute Gasteiger partial charge is 0.0902 e. The van der Waals surface area contributed by atoms with Gasteiger partial charge < -0.3 is 0 Å². The van der Waals surface area contributed by atoms with Crippen molar-refractivity contribution in [3.63, 3.8) is 0 Å². The average molecular weight is 478 g/mol. The largest absolute Gasteiger partial charge is 0.246 e. The second-order valence-corrected chi connectivity index (χ2v) is 9.14. The van der Waals surface area contributed by atoms with E-state index in [0.717, 1.165) is 57.6 Å². The van der Waals surface area contributed by atoms with E-state index >= 15 is 0 Å². The van der Waals surface area contributed by atoms with E-state index < -0.39 is 8.89 Å². The van der Waals surface area contributed by atoms with Crippen LogP contribution >= 0.6 is 20.5 Å². The molecule has 0 aliphatic carbocycles. The molecule has 0 N–H and O–H groups in total. The Balaban J connectivity index is 1.97. The van der Waals surface area contributed by atoms with Crippen LogP contribution in [0.15, 0.2) is 67.3 Å². The van der Waals surface area contributed by atoms with Gasteiger partial charge in [-0.3, -0.25) is 0 Å². The fraction of sp³-hybridized carbons (Fsp3) is 0.207. The molecule has 0 fully saturated rings. The van der Waals surface area contributed by atoms with Gasteiger partial charge in [-0.05, 0) is 68.1 Å². The van der Waals surface area contributed by atoms with Crippen LogP contribution in [0, 0.1) is 0 Å². The van der Waals surface area contributed by atoms with Crippen molar-refractivity contribution in [1.82, 2.24) is 4.98 Å². The van der Waals surface area contributed by atoms with E-state index in [2.05, 4.69) is 55.1 Å². The number of allylic oxidation sites excluding steroid dienone is 3. The Morgan fingerprint density at radius 1 is 0.970 bits per heavy atom. The third-order valence-corrected chi connectivity index (χ3v) is 6.38. The molecule has 0 saturated carbocycles. The highest BCUT2D eigenvalue weighted by Crippen LogP contribution is 2.37. The number of rotatable bonds is 9. The molecule has 3 rings (SSSR count). The van der Waals surface area contributed by atoms with Gasteiger partial charge in [0.1, 0.15) is 0 Å². The molecule has 1 aromatic heterocycles. The zero-order valence-electron chi connectivity index (χ0n) is 19.5. The minimum Gasteiger partial charge on any atom is -0.246 e. The molecule has 170 valence electrons. The van der Waals surface area contributed by atoms with Gasteiger partial charge in [-0.2, -0.15) is 0 Å². The highest BCUT2D eigenvalue weighted by Gasteiger charge is 2.17. The van der Waals surface area contributed by atoms with Crippen molar-refractivity contribution < 1.29 is 4.20 Å². The first-order valence-electron chi connectivity index (χ1n) is 11.2. The Morgan fingerprint density at radius 2 is 1.55 bits per heavy atom. The van der Waals surface area contributed by atoms with E-state index in [4.69, 9.17) is 16.6 Å². The van der Waals surface area contributed by atoms with Crippen molar-refractivity contribution >= 4 is 38.2 Å². The number of nitrogens with zero attached hydrogens (tertiary/aromatic N) is 1. The maximum atomic E-state index is 12.3. The Bertz CT molecular complexity index is 1160. The first kappa shape index (κ1) is 25.1. The molecule has 0 aliphatic rings. The topological polar surface area (TPSA) is 12.9 Å². The summed E-state index contributed by atoms with van der Waals surface area (Å²) in [5, 5.41) is 0.620. The number of hydrogen-bond acceptors (Lipinski definition) is 1. The molecule has 1 atom stereocenters. The van der Waals surface area contributed by atoms with E-state index in [0.29, 0.717) is 11.2 Å². The summed E-state index contributed by atoms with van der Waals surface area (Å²) in [6, 6.07) is 16.8. The number of aromatic nitrogens is 1. The predicted molar refractivity (Wildman–Crippen MR) is 147 cm³/mol.